The van der Waals surface area contributed by atoms with Crippen molar-refractivity contribution >= 4 is 0 Å². The number of rotatable bonds is 4. The first kappa shape index (κ1) is 13.4. The predicted octanol–water partition coefficient (Wildman–Crippen LogP) is 2.85. The van der Waals surface area contributed by atoms with E-state index in [1.807, 2.05) is 32.0 Å². The van der Waals surface area contributed by atoms with Gasteiger partial charge in [-0.15, -0.1) is 0 Å². The third-order valence-electron chi connectivity index (χ3n) is 3.50. The topological polar surface area (TPSA) is 38.7 Å². The molecule has 1 aromatic rings. The highest BCUT2D eigenvalue weighted by atomic mass is 16.5. The van der Waals surface area contributed by atoms with Gasteiger partial charge in [-0.2, -0.15) is 0 Å². The summed E-state index contributed by atoms with van der Waals surface area (Å²) in [6.45, 7) is 6.12. The molecule has 1 heterocycles. The molecule has 0 saturated carbocycles. The molecule has 2 rings (SSSR count). The Labute approximate surface area is 109 Å². The molecule has 0 radical (unpaired) electrons. The van der Waals surface area contributed by atoms with Gasteiger partial charge in [0.2, 0.25) is 0 Å². The first-order valence-electron chi connectivity index (χ1n) is 6.71. The van der Waals surface area contributed by atoms with E-state index in [-0.39, 0.29) is 5.92 Å². The zero-order valence-electron chi connectivity index (χ0n) is 11.2. The van der Waals surface area contributed by atoms with Gasteiger partial charge in [0.25, 0.3) is 0 Å². The van der Waals surface area contributed by atoms with E-state index >= 15 is 0 Å². The molecule has 0 aliphatic carbocycles. The maximum Gasteiger partial charge on any atom is 0.125 e. The molecule has 3 nitrogen and oxygen atoms in total. The lowest BCUT2D eigenvalue weighted by atomic mass is 9.88. The minimum Gasteiger partial charge on any atom is -0.493 e. The molecule has 1 aliphatic rings. The van der Waals surface area contributed by atoms with Gasteiger partial charge in [-0.3, -0.25) is 0 Å². The van der Waals surface area contributed by atoms with Crippen molar-refractivity contribution in [2.45, 2.75) is 32.8 Å². The second-order valence-corrected chi connectivity index (χ2v) is 4.87. The van der Waals surface area contributed by atoms with Crippen molar-refractivity contribution in [3.8, 4) is 5.75 Å². The van der Waals surface area contributed by atoms with Crippen molar-refractivity contribution in [2.24, 2.45) is 5.92 Å². The molecule has 0 aromatic heterocycles. The summed E-state index contributed by atoms with van der Waals surface area (Å²) in [6, 6.07) is 6.01. The van der Waals surface area contributed by atoms with E-state index in [1.54, 1.807) is 0 Å². The first-order valence-corrected chi connectivity index (χ1v) is 6.71. The number of hydrogen-bond donors (Lipinski definition) is 1. The highest BCUT2D eigenvalue weighted by molar-refractivity contribution is 5.38. The third kappa shape index (κ3) is 3.03. The Morgan fingerprint density at radius 2 is 2.11 bits per heavy atom. The summed E-state index contributed by atoms with van der Waals surface area (Å²) in [6.07, 6.45) is 1.39. The van der Waals surface area contributed by atoms with Crippen LogP contribution >= 0.6 is 0 Å². The number of ether oxygens (including phenoxy) is 2. The summed E-state index contributed by atoms with van der Waals surface area (Å²) < 4.78 is 11.0. The maximum absolute atomic E-state index is 10.5. The number of hydrogen-bond acceptors (Lipinski definition) is 3. The second kappa shape index (κ2) is 6.21. The van der Waals surface area contributed by atoms with Crippen LogP contribution in [-0.4, -0.2) is 24.9 Å². The smallest absolute Gasteiger partial charge is 0.125 e. The van der Waals surface area contributed by atoms with Gasteiger partial charge >= 0.3 is 0 Å². The molecule has 1 aliphatic heterocycles. The van der Waals surface area contributed by atoms with Crippen LogP contribution in [0.25, 0.3) is 0 Å². The minimum absolute atomic E-state index is 0.278. The number of aryl methyl sites for hydroxylation is 1. The maximum atomic E-state index is 10.5. The molecule has 0 bridgehead atoms. The van der Waals surface area contributed by atoms with Crippen LogP contribution in [0.15, 0.2) is 18.2 Å². The van der Waals surface area contributed by atoms with E-state index in [9.17, 15) is 5.11 Å². The van der Waals surface area contributed by atoms with Crippen LogP contribution in [0.5, 0.6) is 5.75 Å². The molecule has 18 heavy (non-hydrogen) atoms. The lowest BCUT2D eigenvalue weighted by Crippen LogP contribution is -2.22. The van der Waals surface area contributed by atoms with Crippen LogP contribution in [0.2, 0.25) is 0 Å². The average Bonchev–Trinajstić information content (AvgIpc) is 2.41. The lowest BCUT2D eigenvalue weighted by Gasteiger charge is -2.28. The molecule has 1 unspecified atom stereocenters. The van der Waals surface area contributed by atoms with Crippen LogP contribution in [0.3, 0.4) is 0 Å². The third-order valence-corrected chi connectivity index (χ3v) is 3.50. The molecule has 1 aromatic carbocycles. The van der Waals surface area contributed by atoms with E-state index in [0.29, 0.717) is 6.61 Å². The Morgan fingerprint density at radius 1 is 1.39 bits per heavy atom. The predicted molar refractivity (Wildman–Crippen MR) is 70.9 cm³/mol. The molecule has 0 amide bonds. The minimum atomic E-state index is -0.449. The SMILES string of the molecule is CCOc1ccc(C)cc1C(O)C1CCOCC1. The number of benzene rings is 1. The Morgan fingerprint density at radius 3 is 2.78 bits per heavy atom. The molecule has 1 fully saturated rings. The Hall–Kier alpha value is -1.06. The molecular weight excluding hydrogens is 228 g/mol. The van der Waals surface area contributed by atoms with E-state index in [1.165, 1.54) is 0 Å². The average molecular weight is 250 g/mol. The van der Waals surface area contributed by atoms with Gasteiger partial charge in [-0.25, -0.2) is 0 Å². The van der Waals surface area contributed by atoms with Gasteiger partial charge in [0, 0.05) is 18.8 Å². The monoisotopic (exact) mass is 250 g/mol. The van der Waals surface area contributed by atoms with Crippen molar-refractivity contribution in [3.63, 3.8) is 0 Å². The van der Waals surface area contributed by atoms with Crippen molar-refractivity contribution in [1.82, 2.24) is 0 Å². The van der Waals surface area contributed by atoms with Crippen LogP contribution in [0.1, 0.15) is 37.0 Å². The fourth-order valence-electron chi connectivity index (χ4n) is 2.47. The zero-order valence-corrected chi connectivity index (χ0v) is 11.2. The van der Waals surface area contributed by atoms with Gasteiger partial charge < -0.3 is 14.6 Å². The first-order chi connectivity index (χ1) is 8.72. The van der Waals surface area contributed by atoms with Crippen LogP contribution in [0, 0.1) is 12.8 Å². The molecule has 1 saturated heterocycles. The van der Waals surface area contributed by atoms with Gasteiger partial charge in [0.15, 0.2) is 0 Å². The number of aliphatic hydroxyl groups is 1. The van der Waals surface area contributed by atoms with E-state index in [0.717, 1.165) is 42.9 Å². The van der Waals surface area contributed by atoms with Gasteiger partial charge in [0.1, 0.15) is 5.75 Å². The van der Waals surface area contributed by atoms with E-state index in [2.05, 4.69) is 0 Å². The second-order valence-electron chi connectivity index (χ2n) is 4.87. The molecule has 0 spiro atoms. The summed E-state index contributed by atoms with van der Waals surface area (Å²) in [5.41, 5.74) is 2.07. The standard InChI is InChI=1S/C15H22O3/c1-3-18-14-5-4-11(2)10-13(14)15(16)12-6-8-17-9-7-12/h4-5,10,12,15-16H,3,6-9H2,1-2H3. The van der Waals surface area contributed by atoms with Gasteiger partial charge in [0.05, 0.1) is 12.7 Å². The summed E-state index contributed by atoms with van der Waals surface area (Å²) in [7, 11) is 0. The normalized spacial score (nSPS) is 18.6. The fraction of sp³-hybridized carbons (Fsp3) is 0.600. The Bertz CT molecular complexity index is 383. The zero-order chi connectivity index (χ0) is 13.0. The highest BCUT2D eigenvalue weighted by Crippen LogP contribution is 2.35. The van der Waals surface area contributed by atoms with Crippen molar-refractivity contribution in [1.29, 1.82) is 0 Å². The molecular formula is C15H22O3. The lowest BCUT2D eigenvalue weighted by molar-refractivity contribution is 0.00619. The van der Waals surface area contributed by atoms with Crippen LogP contribution in [0.4, 0.5) is 0 Å². The summed E-state index contributed by atoms with van der Waals surface area (Å²) in [5.74, 6) is 1.09. The molecule has 1 atom stereocenters. The molecule has 3 heteroatoms. The van der Waals surface area contributed by atoms with Gasteiger partial charge in [-0.1, -0.05) is 11.6 Å². The van der Waals surface area contributed by atoms with E-state index in [4.69, 9.17) is 9.47 Å². The van der Waals surface area contributed by atoms with Crippen molar-refractivity contribution in [3.05, 3.63) is 29.3 Å². The Kier molecular flexibility index (Phi) is 4.61. The molecule has 100 valence electrons. The van der Waals surface area contributed by atoms with Crippen LogP contribution in [-0.2, 0) is 4.74 Å². The van der Waals surface area contributed by atoms with Gasteiger partial charge in [-0.05, 0) is 44.7 Å². The quantitative estimate of drug-likeness (QED) is 0.893. The largest absolute Gasteiger partial charge is 0.493 e. The summed E-state index contributed by atoms with van der Waals surface area (Å²) in [4.78, 5) is 0. The van der Waals surface area contributed by atoms with E-state index < -0.39 is 6.10 Å². The van der Waals surface area contributed by atoms with Crippen LogP contribution < -0.4 is 4.74 Å². The Balaban J connectivity index is 2.21. The molecule has 1 N–H and O–H groups in total. The summed E-state index contributed by atoms with van der Waals surface area (Å²) >= 11 is 0. The number of aliphatic hydroxyl groups excluding tert-OH is 1. The van der Waals surface area contributed by atoms with Crippen molar-refractivity contribution < 1.29 is 14.6 Å². The fourth-order valence-corrected chi connectivity index (χ4v) is 2.47. The highest BCUT2D eigenvalue weighted by Gasteiger charge is 2.25. The van der Waals surface area contributed by atoms with Crippen molar-refractivity contribution in [2.75, 3.05) is 19.8 Å². The summed E-state index contributed by atoms with van der Waals surface area (Å²) in [5, 5.41) is 10.5.